The summed E-state index contributed by atoms with van der Waals surface area (Å²) in [6.07, 6.45) is 3.10. The molecule has 24 heavy (non-hydrogen) atoms. The molecule has 2 aromatic rings. The molecule has 1 unspecified atom stereocenters. The topological polar surface area (TPSA) is 35.5 Å². The number of piperazine rings is 1. The Hall–Kier alpha value is -1.43. The van der Waals surface area contributed by atoms with Gasteiger partial charge < -0.3 is 9.80 Å². The average Bonchev–Trinajstić information content (AvgIpc) is 3.11. The summed E-state index contributed by atoms with van der Waals surface area (Å²) < 4.78 is 0. The molecule has 2 saturated heterocycles. The zero-order valence-corrected chi connectivity index (χ0v) is 14.9. The van der Waals surface area contributed by atoms with E-state index in [-0.39, 0.29) is 0 Å². The summed E-state index contributed by atoms with van der Waals surface area (Å²) in [5, 5.41) is 0.706. The van der Waals surface area contributed by atoms with Gasteiger partial charge in [0.05, 0.1) is 17.2 Å². The van der Waals surface area contributed by atoms with Crippen LogP contribution in [-0.4, -0.2) is 71.6 Å². The van der Waals surface area contributed by atoms with Crippen molar-refractivity contribution < 1.29 is 0 Å². The molecule has 2 aliphatic heterocycles. The summed E-state index contributed by atoms with van der Waals surface area (Å²) in [4.78, 5) is 16.9. The Bertz CT molecular complexity index is 714. The summed E-state index contributed by atoms with van der Waals surface area (Å²) >= 11 is 6.02. The molecule has 128 valence electrons. The maximum Gasteiger partial charge on any atom is 0.147 e. The van der Waals surface area contributed by atoms with Gasteiger partial charge >= 0.3 is 0 Å². The molecule has 0 amide bonds. The van der Waals surface area contributed by atoms with E-state index in [0.717, 1.165) is 29.9 Å². The Morgan fingerprint density at radius 2 is 1.96 bits per heavy atom. The van der Waals surface area contributed by atoms with Gasteiger partial charge in [-0.05, 0) is 31.2 Å². The number of likely N-dealkylation sites (N-methyl/N-ethyl adjacent to an activating group) is 1. The molecule has 0 aliphatic carbocycles. The molecule has 3 heterocycles. The van der Waals surface area contributed by atoms with E-state index in [1.807, 2.05) is 24.4 Å². The van der Waals surface area contributed by atoms with Crippen LogP contribution in [0.1, 0.15) is 13.3 Å². The van der Waals surface area contributed by atoms with Gasteiger partial charge in [-0.3, -0.25) is 9.88 Å². The van der Waals surface area contributed by atoms with Crippen LogP contribution in [-0.2, 0) is 0 Å². The minimum atomic E-state index is 0.645. The molecular weight excluding hydrogens is 322 g/mol. The Labute approximate surface area is 148 Å². The molecule has 0 spiro atoms. The highest BCUT2D eigenvalue weighted by Gasteiger charge is 2.30. The van der Waals surface area contributed by atoms with Crippen molar-refractivity contribution in [1.82, 2.24) is 19.8 Å². The van der Waals surface area contributed by atoms with E-state index < -0.39 is 0 Å². The Morgan fingerprint density at radius 1 is 1.12 bits per heavy atom. The van der Waals surface area contributed by atoms with Gasteiger partial charge in [0, 0.05) is 50.3 Å². The van der Waals surface area contributed by atoms with Crippen molar-refractivity contribution in [2.24, 2.45) is 0 Å². The average molecular weight is 346 g/mol. The summed E-state index contributed by atoms with van der Waals surface area (Å²) in [6.45, 7) is 10.3. The third kappa shape index (κ3) is 3.21. The lowest BCUT2D eigenvalue weighted by molar-refractivity contribution is 0.107. The second-order valence-corrected chi connectivity index (χ2v) is 7.16. The van der Waals surface area contributed by atoms with Crippen LogP contribution in [0, 0.1) is 0 Å². The Kier molecular flexibility index (Phi) is 4.57. The first-order valence-corrected chi connectivity index (χ1v) is 9.24. The molecular formula is C18H24ClN5. The van der Waals surface area contributed by atoms with Gasteiger partial charge in [0.15, 0.2) is 0 Å². The van der Waals surface area contributed by atoms with Crippen molar-refractivity contribution in [3.05, 3.63) is 29.4 Å². The molecule has 4 rings (SSSR count). The number of aromatic nitrogens is 2. The number of benzene rings is 1. The van der Waals surface area contributed by atoms with Gasteiger partial charge in [-0.15, -0.1) is 0 Å². The maximum absolute atomic E-state index is 6.02. The van der Waals surface area contributed by atoms with Gasteiger partial charge in [-0.2, -0.15) is 0 Å². The van der Waals surface area contributed by atoms with Crippen molar-refractivity contribution in [2.45, 2.75) is 19.4 Å². The van der Waals surface area contributed by atoms with Crippen LogP contribution >= 0.6 is 11.6 Å². The number of hydrogen-bond donors (Lipinski definition) is 0. The fraction of sp³-hybridized carbons (Fsp3) is 0.556. The zero-order valence-electron chi connectivity index (χ0n) is 14.2. The highest BCUT2D eigenvalue weighted by Crippen LogP contribution is 2.24. The standard InChI is InChI=1S/C18H24ClN5/c1-2-22-7-9-23(10-8-22)15-5-6-24(13-15)18-12-20-17-11-14(19)3-4-16(17)21-18/h3-4,11-12,15H,2,5-10,13H2,1H3. The third-order valence-corrected chi connectivity index (χ3v) is 5.58. The van der Waals surface area contributed by atoms with Crippen molar-refractivity contribution >= 4 is 28.5 Å². The third-order valence-electron chi connectivity index (χ3n) is 5.35. The van der Waals surface area contributed by atoms with E-state index in [4.69, 9.17) is 16.6 Å². The van der Waals surface area contributed by atoms with E-state index in [1.165, 1.54) is 39.1 Å². The minimum Gasteiger partial charge on any atom is -0.354 e. The lowest BCUT2D eigenvalue weighted by Gasteiger charge is -2.37. The molecule has 0 N–H and O–H groups in total. The fourth-order valence-corrected chi connectivity index (χ4v) is 3.99. The van der Waals surface area contributed by atoms with E-state index in [2.05, 4.69) is 26.6 Å². The van der Waals surface area contributed by atoms with Crippen molar-refractivity contribution in [3.63, 3.8) is 0 Å². The van der Waals surface area contributed by atoms with E-state index in [0.29, 0.717) is 11.1 Å². The highest BCUT2D eigenvalue weighted by molar-refractivity contribution is 6.31. The van der Waals surface area contributed by atoms with Crippen LogP contribution < -0.4 is 4.90 Å². The van der Waals surface area contributed by atoms with Gasteiger partial charge in [0.2, 0.25) is 0 Å². The van der Waals surface area contributed by atoms with Crippen LogP contribution in [0.2, 0.25) is 5.02 Å². The lowest BCUT2D eigenvalue weighted by atomic mass is 10.2. The maximum atomic E-state index is 6.02. The van der Waals surface area contributed by atoms with Crippen molar-refractivity contribution in [1.29, 1.82) is 0 Å². The quantitative estimate of drug-likeness (QED) is 0.854. The number of anilines is 1. The largest absolute Gasteiger partial charge is 0.354 e. The summed E-state index contributed by atoms with van der Waals surface area (Å²) in [6, 6.07) is 6.34. The molecule has 1 aromatic heterocycles. The summed E-state index contributed by atoms with van der Waals surface area (Å²) in [5.41, 5.74) is 1.77. The van der Waals surface area contributed by atoms with Gasteiger partial charge in [-0.1, -0.05) is 18.5 Å². The zero-order chi connectivity index (χ0) is 16.5. The molecule has 1 atom stereocenters. The first-order valence-electron chi connectivity index (χ1n) is 8.86. The smallest absolute Gasteiger partial charge is 0.147 e. The number of rotatable bonds is 3. The fourth-order valence-electron chi connectivity index (χ4n) is 3.82. The van der Waals surface area contributed by atoms with Crippen molar-refractivity contribution in [3.8, 4) is 0 Å². The first-order chi connectivity index (χ1) is 11.7. The number of halogens is 1. The van der Waals surface area contributed by atoms with E-state index in [9.17, 15) is 0 Å². The van der Waals surface area contributed by atoms with Gasteiger partial charge in [-0.25, -0.2) is 4.98 Å². The highest BCUT2D eigenvalue weighted by atomic mass is 35.5. The van der Waals surface area contributed by atoms with Crippen LogP contribution in [0.25, 0.3) is 11.0 Å². The predicted molar refractivity (Wildman–Crippen MR) is 98.9 cm³/mol. The SMILES string of the molecule is CCN1CCN(C2CCN(c3cnc4cc(Cl)ccc4n3)C2)CC1. The minimum absolute atomic E-state index is 0.645. The van der Waals surface area contributed by atoms with E-state index in [1.54, 1.807) is 0 Å². The van der Waals surface area contributed by atoms with Crippen LogP contribution in [0.15, 0.2) is 24.4 Å². The van der Waals surface area contributed by atoms with E-state index >= 15 is 0 Å². The predicted octanol–water partition coefficient (Wildman–Crippen LogP) is 2.50. The van der Waals surface area contributed by atoms with Crippen LogP contribution in [0.5, 0.6) is 0 Å². The second kappa shape index (κ2) is 6.82. The first kappa shape index (κ1) is 16.1. The Morgan fingerprint density at radius 3 is 2.75 bits per heavy atom. The molecule has 1 aromatic carbocycles. The van der Waals surface area contributed by atoms with Crippen molar-refractivity contribution in [2.75, 3.05) is 50.7 Å². The molecule has 0 saturated carbocycles. The molecule has 2 fully saturated rings. The lowest BCUT2D eigenvalue weighted by Crippen LogP contribution is -2.50. The molecule has 6 heteroatoms. The molecule has 0 radical (unpaired) electrons. The summed E-state index contributed by atoms with van der Waals surface area (Å²) in [7, 11) is 0. The second-order valence-electron chi connectivity index (χ2n) is 6.72. The molecule has 0 bridgehead atoms. The number of hydrogen-bond acceptors (Lipinski definition) is 5. The number of fused-ring (bicyclic) bond motifs is 1. The summed E-state index contributed by atoms with van der Waals surface area (Å²) in [5.74, 6) is 0.986. The molecule has 5 nitrogen and oxygen atoms in total. The molecule has 2 aliphatic rings. The van der Waals surface area contributed by atoms with Gasteiger partial charge in [0.25, 0.3) is 0 Å². The van der Waals surface area contributed by atoms with Crippen LogP contribution in [0.4, 0.5) is 5.82 Å². The number of nitrogens with zero attached hydrogens (tertiary/aromatic N) is 5. The van der Waals surface area contributed by atoms with Gasteiger partial charge in [0.1, 0.15) is 5.82 Å². The normalized spacial score (nSPS) is 23.2. The van der Waals surface area contributed by atoms with Crippen LogP contribution in [0.3, 0.4) is 0 Å². The Balaban J connectivity index is 1.44. The monoisotopic (exact) mass is 345 g/mol.